The van der Waals surface area contributed by atoms with Crippen molar-refractivity contribution in [3.05, 3.63) is 46.7 Å². The molecule has 0 aliphatic heterocycles. The number of hydrogen-bond donors (Lipinski definition) is 1. The van der Waals surface area contributed by atoms with Crippen LogP contribution in [0.3, 0.4) is 0 Å². The zero-order valence-corrected chi connectivity index (χ0v) is 16.2. The van der Waals surface area contributed by atoms with Gasteiger partial charge in [0.05, 0.1) is 32.1 Å². The molecule has 0 fully saturated rings. The molecule has 0 spiro atoms. The van der Waals surface area contributed by atoms with Crippen LogP contribution in [0.1, 0.15) is 5.56 Å². The van der Waals surface area contributed by atoms with Crippen molar-refractivity contribution in [2.45, 2.75) is 11.4 Å². The predicted molar refractivity (Wildman–Crippen MR) is 100 cm³/mol. The van der Waals surface area contributed by atoms with E-state index >= 15 is 0 Å². The van der Waals surface area contributed by atoms with Gasteiger partial charge >= 0.3 is 0 Å². The van der Waals surface area contributed by atoms with Gasteiger partial charge in [0.2, 0.25) is 11.7 Å². The Morgan fingerprint density at radius 2 is 1.77 bits per heavy atom. The Labute approximate surface area is 160 Å². The highest BCUT2D eigenvalue weighted by atomic mass is 35.5. The molecule has 2 rings (SSSR count). The molecule has 0 radical (unpaired) electrons. The number of carbonyl (C=O) groups excluding carboxylic acids is 1. The normalized spacial score (nSPS) is 10.3. The molecule has 0 bridgehead atoms. The lowest BCUT2D eigenvalue weighted by Gasteiger charge is -2.14. The van der Waals surface area contributed by atoms with Gasteiger partial charge < -0.3 is 19.5 Å². The van der Waals surface area contributed by atoms with E-state index in [1.807, 2.05) is 0 Å². The van der Waals surface area contributed by atoms with Crippen LogP contribution in [-0.2, 0) is 11.3 Å². The number of carbonyl (C=O) groups is 1. The molecule has 140 valence electrons. The van der Waals surface area contributed by atoms with Gasteiger partial charge in [-0.15, -0.1) is 11.8 Å². The Kier molecular flexibility index (Phi) is 7.41. The maximum absolute atomic E-state index is 13.1. The van der Waals surface area contributed by atoms with Crippen molar-refractivity contribution >= 4 is 29.3 Å². The fourth-order valence-electron chi connectivity index (χ4n) is 2.20. The van der Waals surface area contributed by atoms with Crippen LogP contribution < -0.4 is 19.5 Å². The van der Waals surface area contributed by atoms with Gasteiger partial charge in [0.1, 0.15) is 5.82 Å². The van der Waals surface area contributed by atoms with Crippen LogP contribution in [-0.4, -0.2) is 33.0 Å². The van der Waals surface area contributed by atoms with Crippen LogP contribution in [0.25, 0.3) is 0 Å². The molecule has 1 N–H and O–H groups in total. The highest BCUT2D eigenvalue weighted by Gasteiger charge is 2.13. The van der Waals surface area contributed by atoms with E-state index in [9.17, 15) is 9.18 Å². The summed E-state index contributed by atoms with van der Waals surface area (Å²) in [5.41, 5.74) is 0.808. The number of ether oxygens (including phenoxy) is 3. The van der Waals surface area contributed by atoms with Crippen LogP contribution in [0.5, 0.6) is 17.2 Å². The maximum Gasteiger partial charge on any atom is 0.230 e. The van der Waals surface area contributed by atoms with Gasteiger partial charge in [-0.1, -0.05) is 11.6 Å². The lowest BCUT2D eigenvalue weighted by atomic mass is 10.2. The van der Waals surface area contributed by atoms with Crippen molar-refractivity contribution in [3.8, 4) is 17.2 Å². The summed E-state index contributed by atoms with van der Waals surface area (Å²) >= 11 is 7.00. The summed E-state index contributed by atoms with van der Waals surface area (Å²) in [6.07, 6.45) is 0. The minimum absolute atomic E-state index is 0.0350. The average Bonchev–Trinajstić information content (AvgIpc) is 2.66. The largest absolute Gasteiger partial charge is 0.493 e. The summed E-state index contributed by atoms with van der Waals surface area (Å²) in [4.78, 5) is 12.8. The zero-order valence-electron chi connectivity index (χ0n) is 14.6. The van der Waals surface area contributed by atoms with E-state index < -0.39 is 5.82 Å². The molecule has 1 amide bonds. The van der Waals surface area contributed by atoms with E-state index in [2.05, 4.69) is 5.32 Å². The highest BCUT2D eigenvalue weighted by molar-refractivity contribution is 8.00. The van der Waals surface area contributed by atoms with Gasteiger partial charge in [0.15, 0.2) is 11.5 Å². The molecule has 0 atom stereocenters. The van der Waals surface area contributed by atoms with Gasteiger partial charge in [-0.05, 0) is 35.9 Å². The summed E-state index contributed by atoms with van der Waals surface area (Å²) in [7, 11) is 4.59. The van der Waals surface area contributed by atoms with Gasteiger partial charge in [-0.3, -0.25) is 4.79 Å². The number of halogens is 2. The van der Waals surface area contributed by atoms with E-state index in [0.717, 1.165) is 10.5 Å². The van der Waals surface area contributed by atoms with Gasteiger partial charge in [0, 0.05) is 11.4 Å². The van der Waals surface area contributed by atoms with Crippen molar-refractivity contribution < 1.29 is 23.4 Å². The molecule has 8 heteroatoms. The molecule has 0 unspecified atom stereocenters. The first-order valence-corrected chi connectivity index (χ1v) is 8.98. The third-order valence-electron chi connectivity index (χ3n) is 3.48. The number of hydrogen-bond acceptors (Lipinski definition) is 5. The molecule has 2 aromatic carbocycles. The third kappa shape index (κ3) is 5.19. The standard InChI is InChI=1S/C18H19ClFNO4S/c1-23-15-6-11(7-16(24-2)18(15)25-3)9-21-17(22)10-26-12-4-5-14(20)13(19)8-12/h4-8H,9-10H2,1-3H3,(H,21,22). The minimum Gasteiger partial charge on any atom is -0.493 e. The minimum atomic E-state index is -0.483. The fourth-order valence-corrected chi connectivity index (χ4v) is 3.22. The van der Waals surface area contributed by atoms with E-state index in [0.29, 0.717) is 23.8 Å². The molecule has 2 aromatic rings. The summed E-state index contributed by atoms with van der Waals surface area (Å²) in [6, 6.07) is 7.90. The molecule has 26 heavy (non-hydrogen) atoms. The van der Waals surface area contributed by atoms with Crippen LogP contribution in [0.2, 0.25) is 5.02 Å². The Morgan fingerprint density at radius 1 is 1.12 bits per heavy atom. The van der Waals surface area contributed by atoms with Crippen molar-refractivity contribution in [1.29, 1.82) is 0 Å². The van der Waals surface area contributed by atoms with Crippen molar-refractivity contribution in [2.24, 2.45) is 0 Å². The molecule has 0 aliphatic rings. The van der Waals surface area contributed by atoms with E-state index in [4.69, 9.17) is 25.8 Å². The van der Waals surface area contributed by atoms with E-state index in [1.165, 1.54) is 45.2 Å². The number of rotatable bonds is 8. The first kappa shape index (κ1) is 20.2. The highest BCUT2D eigenvalue weighted by Crippen LogP contribution is 2.38. The lowest BCUT2D eigenvalue weighted by Crippen LogP contribution is -2.24. The molecule has 0 saturated carbocycles. The van der Waals surface area contributed by atoms with Gasteiger partial charge in [-0.2, -0.15) is 0 Å². The van der Waals surface area contributed by atoms with Crippen molar-refractivity contribution in [1.82, 2.24) is 5.32 Å². The Bertz CT molecular complexity index is 763. The van der Waals surface area contributed by atoms with Gasteiger partial charge in [0.25, 0.3) is 0 Å². The number of nitrogens with one attached hydrogen (secondary N) is 1. The average molecular weight is 400 g/mol. The quantitative estimate of drug-likeness (QED) is 0.682. The maximum atomic E-state index is 13.1. The Hall–Kier alpha value is -2.12. The first-order valence-electron chi connectivity index (χ1n) is 7.62. The molecular formula is C18H19ClFNO4S. The molecule has 0 heterocycles. The number of thioether (sulfide) groups is 1. The predicted octanol–water partition coefficient (Wildman–Crippen LogP) is 3.91. The summed E-state index contributed by atoms with van der Waals surface area (Å²) in [5, 5.41) is 2.85. The number of methoxy groups -OCH3 is 3. The van der Waals surface area contributed by atoms with Crippen LogP contribution in [0.4, 0.5) is 4.39 Å². The van der Waals surface area contributed by atoms with Crippen LogP contribution in [0.15, 0.2) is 35.2 Å². The fraction of sp³-hybridized carbons (Fsp3) is 0.278. The second kappa shape index (κ2) is 9.54. The molecule has 0 aliphatic carbocycles. The SMILES string of the molecule is COc1cc(CNC(=O)CSc2ccc(F)c(Cl)c2)cc(OC)c1OC. The van der Waals surface area contributed by atoms with Crippen molar-refractivity contribution in [3.63, 3.8) is 0 Å². The first-order chi connectivity index (χ1) is 12.5. The van der Waals surface area contributed by atoms with E-state index in [1.54, 1.807) is 18.2 Å². The second-order valence-electron chi connectivity index (χ2n) is 5.17. The topological polar surface area (TPSA) is 56.8 Å². The lowest BCUT2D eigenvalue weighted by molar-refractivity contribution is -0.118. The van der Waals surface area contributed by atoms with Crippen molar-refractivity contribution in [2.75, 3.05) is 27.1 Å². The monoisotopic (exact) mass is 399 g/mol. The summed E-state index contributed by atoms with van der Waals surface area (Å²) < 4.78 is 29.0. The summed E-state index contributed by atoms with van der Waals surface area (Å²) in [5.74, 6) is 1.07. The van der Waals surface area contributed by atoms with E-state index in [-0.39, 0.29) is 16.7 Å². The van der Waals surface area contributed by atoms with Gasteiger partial charge in [-0.25, -0.2) is 4.39 Å². The number of amides is 1. The van der Waals surface area contributed by atoms with Crippen LogP contribution in [0, 0.1) is 5.82 Å². The smallest absolute Gasteiger partial charge is 0.230 e. The zero-order chi connectivity index (χ0) is 19.1. The number of benzene rings is 2. The van der Waals surface area contributed by atoms with Crippen LogP contribution >= 0.6 is 23.4 Å². The third-order valence-corrected chi connectivity index (χ3v) is 4.76. The Balaban J connectivity index is 1.95. The molecule has 0 saturated heterocycles. The molecule has 5 nitrogen and oxygen atoms in total. The molecular weight excluding hydrogens is 381 g/mol. The second-order valence-corrected chi connectivity index (χ2v) is 6.63. The Morgan fingerprint density at radius 3 is 2.31 bits per heavy atom. The molecule has 0 aromatic heterocycles. The summed E-state index contributed by atoms with van der Waals surface area (Å²) in [6.45, 7) is 0.306.